The first-order valence-electron chi connectivity index (χ1n) is 12.9. The third kappa shape index (κ3) is 5.04. The molecule has 2 nitrogen and oxygen atoms in total. The highest BCUT2D eigenvalue weighted by molar-refractivity contribution is 7.80. The van der Waals surface area contributed by atoms with Gasteiger partial charge in [0.1, 0.15) is 5.75 Å². The van der Waals surface area contributed by atoms with Crippen molar-refractivity contribution in [3.05, 3.63) is 102 Å². The van der Waals surface area contributed by atoms with Gasteiger partial charge < -0.3 is 9.64 Å². The zero-order valence-electron chi connectivity index (χ0n) is 22.3. The van der Waals surface area contributed by atoms with Gasteiger partial charge in [-0.15, -0.1) is 11.3 Å². The van der Waals surface area contributed by atoms with Crippen molar-refractivity contribution < 1.29 is 4.74 Å². The molecule has 1 aromatic heterocycles. The zero-order chi connectivity index (χ0) is 25.9. The average Bonchev–Trinajstić information content (AvgIpc) is 3.35. The molecule has 0 unspecified atom stereocenters. The quantitative estimate of drug-likeness (QED) is 0.192. The standard InChI is InChI=1S/C33H34NOPS/c1-6-34(7-2)26-16-18-28(33-21-25-20-27(35-5)17-19-32(25)37-33)31(22-26)36(29-14-10-8-12-23(29)3)30-15-11-9-13-24(30)4/h8-22H,6-7H2,1-5H3. The zero-order valence-corrected chi connectivity index (χ0v) is 24.0. The van der Waals surface area contributed by atoms with Crippen LogP contribution in [0.25, 0.3) is 20.5 Å². The summed E-state index contributed by atoms with van der Waals surface area (Å²) in [4.78, 5) is 3.76. The fourth-order valence-electron chi connectivity index (χ4n) is 5.00. The van der Waals surface area contributed by atoms with E-state index in [0.29, 0.717) is 0 Å². The van der Waals surface area contributed by atoms with Gasteiger partial charge in [0.05, 0.1) is 7.11 Å². The van der Waals surface area contributed by atoms with Crippen LogP contribution in [-0.2, 0) is 0 Å². The van der Waals surface area contributed by atoms with Crippen LogP contribution in [0.3, 0.4) is 0 Å². The van der Waals surface area contributed by atoms with Crippen LogP contribution in [0, 0.1) is 13.8 Å². The molecule has 5 aromatic rings. The van der Waals surface area contributed by atoms with Crippen molar-refractivity contribution in [3.8, 4) is 16.2 Å². The molecule has 0 atom stereocenters. The van der Waals surface area contributed by atoms with Crippen molar-refractivity contribution in [1.82, 2.24) is 0 Å². The van der Waals surface area contributed by atoms with E-state index in [2.05, 4.69) is 124 Å². The Morgan fingerprint density at radius 3 is 1.97 bits per heavy atom. The summed E-state index contributed by atoms with van der Waals surface area (Å²) in [5, 5.41) is 5.50. The summed E-state index contributed by atoms with van der Waals surface area (Å²) in [7, 11) is 0.966. The van der Waals surface area contributed by atoms with Gasteiger partial charge in [0, 0.05) is 33.9 Å². The third-order valence-electron chi connectivity index (χ3n) is 7.05. The van der Waals surface area contributed by atoms with Crippen molar-refractivity contribution in [2.45, 2.75) is 27.7 Å². The molecule has 0 aliphatic carbocycles. The number of ether oxygens (including phenoxy) is 1. The number of hydrogen-bond acceptors (Lipinski definition) is 3. The molecular formula is C33H34NOPS. The van der Waals surface area contributed by atoms with Crippen LogP contribution in [0.15, 0.2) is 91.0 Å². The molecule has 0 N–H and O–H groups in total. The summed E-state index contributed by atoms with van der Waals surface area (Å²) >= 11 is 1.87. The molecule has 0 amide bonds. The molecule has 0 radical (unpaired) electrons. The predicted octanol–water partition coefficient (Wildman–Crippen LogP) is 7.80. The molecule has 0 aliphatic heterocycles. The number of benzene rings is 4. The van der Waals surface area contributed by atoms with Gasteiger partial charge in [-0.2, -0.15) is 0 Å². The summed E-state index contributed by atoms with van der Waals surface area (Å²) < 4.78 is 6.79. The molecular weight excluding hydrogens is 489 g/mol. The van der Waals surface area contributed by atoms with Crippen LogP contribution >= 0.6 is 19.3 Å². The highest BCUT2D eigenvalue weighted by atomic mass is 32.1. The monoisotopic (exact) mass is 523 g/mol. The minimum atomic E-state index is -0.766. The summed E-state index contributed by atoms with van der Waals surface area (Å²) in [6, 6.07) is 33.7. The first-order valence-corrected chi connectivity index (χ1v) is 15.1. The fourth-order valence-corrected chi connectivity index (χ4v) is 8.96. The van der Waals surface area contributed by atoms with Crippen molar-refractivity contribution in [2.75, 3.05) is 25.1 Å². The molecule has 37 heavy (non-hydrogen) atoms. The second-order valence-corrected chi connectivity index (χ2v) is 12.5. The number of nitrogens with zero attached hydrogens (tertiary/aromatic N) is 1. The number of hydrogen-bond donors (Lipinski definition) is 0. The van der Waals surface area contributed by atoms with E-state index < -0.39 is 7.92 Å². The van der Waals surface area contributed by atoms with E-state index in [1.165, 1.54) is 53.3 Å². The lowest BCUT2D eigenvalue weighted by Crippen LogP contribution is -2.27. The first kappa shape index (κ1) is 25.5. The lowest BCUT2D eigenvalue weighted by atomic mass is 10.1. The molecule has 0 saturated heterocycles. The predicted molar refractivity (Wildman–Crippen MR) is 166 cm³/mol. The molecule has 1 heterocycles. The van der Waals surface area contributed by atoms with Gasteiger partial charge in [-0.1, -0.05) is 54.6 Å². The molecule has 4 aromatic carbocycles. The topological polar surface area (TPSA) is 12.5 Å². The van der Waals surface area contributed by atoms with Crippen LogP contribution in [0.2, 0.25) is 0 Å². The SMILES string of the molecule is CCN(CC)c1ccc(-c2cc3cc(OC)ccc3s2)c(P(c2ccccc2C)c2ccccc2C)c1. The smallest absolute Gasteiger partial charge is 0.119 e. The molecule has 0 spiro atoms. The van der Waals surface area contributed by atoms with E-state index in [9.17, 15) is 0 Å². The number of thiophene rings is 1. The summed E-state index contributed by atoms with van der Waals surface area (Å²) in [6.07, 6.45) is 0. The molecule has 0 aliphatic rings. The third-order valence-corrected chi connectivity index (χ3v) is 11.0. The Balaban J connectivity index is 1.80. The molecule has 4 heteroatoms. The summed E-state index contributed by atoms with van der Waals surface area (Å²) in [6.45, 7) is 11.0. The lowest BCUT2D eigenvalue weighted by Gasteiger charge is -2.28. The van der Waals surface area contributed by atoms with Gasteiger partial charge in [0.2, 0.25) is 0 Å². The van der Waals surface area contributed by atoms with Gasteiger partial charge in [0.15, 0.2) is 0 Å². The molecule has 188 valence electrons. The fraction of sp³-hybridized carbons (Fsp3) is 0.212. The number of aryl methyl sites for hydroxylation is 2. The largest absolute Gasteiger partial charge is 0.497 e. The minimum absolute atomic E-state index is 0.766. The highest BCUT2D eigenvalue weighted by Crippen LogP contribution is 2.43. The van der Waals surface area contributed by atoms with E-state index in [1.54, 1.807) is 7.11 Å². The highest BCUT2D eigenvalue weighted by Gasteiger charge is 2.25. The molecule has 0 saturated carbocycles. The van der Waals surface area contributed by atoms with E-state index >= 15 is 0 Å². The number of methoxy groups -OCH3 is 1. The summed E-state index contributed by atoms with van der Waals surface area (Å²) in [5.41, 5.74) is 5.31. The maximum atomic E-state index is 5.51. The molecule has 5 rings (SSSR count). The Labute approximate surface area is 226 Å². The van der Waals surface area contributed by atoms with Crippen molar-refractivity contribution in [3.63, 3.8) is 0 Å². The number of rotatable bonds is 8. The Morgan fingerprint density at radius 2 is 1.38 bits per heavy atom. The Hall–Kier alpha value is -3.13. The van der Waals surface area contributed by atoms with Crippen LogP contribution in [0.5, 0.6) is 5.75 Å². The molecule has 0 bridgehead atoms. The Kier molecular flexibility index (Phi) is 7.65. The number of anilines is 1. The Morgan fingerprint density at radius 1 is 0.730 bits per heavy atom. The van der Waals surface area contributed by atoms with Crippen LogP contribution in [0.4, 0.5) is 5.69 Å². The normalized spacial score (nSPS) is 11.3. The maximum absolute atomic E-state index is 5.51. The van der Waals surface area contributed by atoms with Gasteiger partial charge >= 0.3 is 0 Å². The maximum Gasteiger partial charge on any atom is 0.119 e. The van der Waals surface area contributed by atoms with Gasteiger partial charge in [-0.25, -0.2) is 0 Å². The first-order chi connectivity index (χ1) is 18.0. The second kappa shape index (κ2) is 11.1. The van der Waals surface area contributed by atoms with Crippen molar-refractivity contribution >= 4 is 50.9 Å². The van der Waals surface area contributed by atoms with Crippen LogP contribution in [0.1, 0.15) is 25.0 Å². The van der Waals surface area contributed by atoms with E-state index in [4.69, 9.17) is 4.74 Å². The summed E-state index contributed by atoms with van der Waals surface area (Å²) in [5.74, 6) is 0.899. The van der Waals surface area contributed by atoms with Gasteiger partial charge in [-0.3, -0.25) is 0 Å². The van der Waals surface area contributed by atoms with Crippen LogP contribution < -0.4 is 25.6 Å². The van der Waals surface area contributed by atoms with Crippen molar-refractivity contribution in [1.29, 1.82) is 0 Å². The van der Waals surface area contributed by atoms with E-state index in [0.717, 1.165) is 18.8 Å². The van der Waals surface area contributed by atoms with Crippen LogP contribution in [-0.4, -0.2) is 20.2 Å². The van der Waals surface area contributed by atoms with Crippen molar-refractivity contribution in [2.24, 2.45) is 0 Å². The number of fused-ring (bicyclic) bond motifs is 1. The average molecular weight is 524 g/mol. The van der Waals surface area contributed by atoms with E-state index in [1.807, 2.05) is 11.3 Å². The lowest BCUT2D eigenvalue weighted by molar-refractivity contribution is 0.415. The minimum Gasteiger partial charge on any atom is -0.497 e. The molecule has 0 fully saturated rings. The van der Waals surface area contributed by atoms with E-state index in [-0.39, 0.29) is 0 Å². The van der Waals surface area contributed by atoms with Gasteiger partial charge in [0.25, 0.3) is 0 Å². The van der Waals surface area contributed by atoms with Gasteiger partial charge in [-0.05, 0) is 104 Å². The second-order valence-electron chi connectivity index (χ2n) is 9.30. The Bertz CT molecular complexity index is 1490.